The van der Waals surface area contributed by atoms with Crippen LogP contribution in [0.5, 0.6) is 0 Å². The number of sulfonamides is 1. The normalized spacial score (nSPS) is 11.4. The molecule has 1 amide bonds. The van der Waals surface area contributed by atoms with Crippen molar-refractivity contribution in [3.63, 3.8) is 0 Å². The molecule has 0 saturated carbocycles. The van der Waals surface area contributed by atoms with Crippen LogP contribution in [0.4, 0.5) is 4.39 Å². The molecule has 6 nitrogen and oxygen atoms in total. The van der Waals surface area contributed by atoms with Gasteiger partial charge in [0.05, 0.1) is 0 Å². The van der Waals surface area contributed by atoms with Crippen LogP contribution < -0.4 is 4.72 Å². The third-order valence-electron chi connectivity index (χ3n) is 2.98. The second-order valence-corrected chi connectivity index (χ2v) is 6.49. The van der Waals surface area contributed by atoms with Crippen molar-refractivity contribution < 1.29 is 17.6 Å². The number of aromatic nitrogens is 2. The molecule has 1 aromatic heterocycles. The summed E-state index contributed by atoms with van der Waals surface area (Å²) in [5, 5.41) is 3.97. The molecule has 0 radical (unpaired) electrons. The maximum atomic E-state index is 13.7. The Labute approximate surface area is 128 Å². The van der Waals surface area contributed by atoms with Crippen LogP contribution in [0, 0.1) is 12.7 Å². The third kappa shape index (κ3) is 4.14. The van der Waals surface area contributed by atoms with Crippen molar-refractivity contribution in [2.75, 3.05) is 0 Å². The van der Waals surface area contributed by atoms with E-state index in [1.54, 1.807) is 30.1 Å². The number of carbonyl (C=O) groups is 1. The van der Waals surface area contributed by atoms with Crippen molar-refractivity contribution in [1.29, 1.82) is 0 Å². The maximum Gasteiger partial charge on any atom is 0.266 e. The number of aryl methyl sites for hydroxylation is 2. The molecule has 0 atom stereocenters. The van der Waals surface area contributed by atoms with E-state index in [4.69, 9.17) is 0 Å². The summed E-state index contributed by atoms with van der Waals surface area (Å²) in [6, 6.07) is 5.48. The zero-order chi connectivity index (χ0) is 16.2. The van der Waals surface area contributed by atoms with Crippen LogP contribution >= 0.6 is 0 Å². The minimum Gasteiger partial charge on any atom is -0.274 e. The number of carbonyl (C=O) groups excluding carboxylic acids is 1. The first-order valence-electron chi connectivity index (χ1n) is 6.68. The molecule has 0 unspecified atom stereocenters. The summed E-state index contributed by atoms with van der Waals surface area (Å²) in [4.78, 5) is 11.2. The van der Waals surface area contributed by atoms with Crippen LogP contribution in [0.25, 0.3) is 0 Å². The number of nitrogens with one attached hydrogen (secondary N) is 1. The average Bonchev–Trinajstić information content (AvgIpc) is 2.90. The van der Waals surface area contributed by atoms with Crippen LogP contribution in [0.15, 0.2) is 41.6 Å². The Morgan fingerprint density at radius 2 is 2.18 bits per heavy atom. The predicted octanol–water partition coefficient (Wildman–Crippen LogP) is 1.62. The fraction of sp³-hybridized carbons (Fsp3) is 0.286. The van der Waals surface area contributed by atoms with E-state index in [1.807, 2.05) is 4.72 Å². The molecule has 0 saturated heterocycles. The third-order valence-corrected chi connectivity index (χ3v) is 4.38. The Balaban J connectivity index is 1.94. The number of nitrogens with zero attached hydrogens (tertiary/aromatic N) is 2. The Morgan fingerprint density at radius 3 is 2.82 bits per heavy atom. The van der Waals surface area contributed by atoms with E-state index in [0.717, 1.165) is 12.1 Å². The van der Waals surface area contributed by atoms with Gasteiger partial charge in [0.15, 0.2) is 0 Å². The SMILES string of the molecule is Cc1ccc(S(=O)(=O)NC(=O)CCCn2cccn2)c(F)c1. The number of benzene rings is 1. The minimum atomic E-state index is -4.19. The zero-order valence-corrected chi connectivity index (χ0v) is 12.8. The van der Waals surface area contributed by atoms with Crippen molar-refractivity contribution in [2.24, 2.45) is 0 Å². The van der Waals surface area contributed by atoms with Gasteiger partial charge in [-0.05, 0) is 37.1 Å². The molecule has 2 rings (SSSR count). The van der Waals surface area contributed by atoms with Gasteiger partial charge in [0, 0.05) is 25.4 Å². The topological polar surface area (TPSA) is 81.1 Å². The molecule has 1 heterocycles. The largest absolute Gasteiger partial charge is 0.274 e. The molecule has 8 heteroatoms. The molecular formula is C14H16FN3O3S. The van der Waals surface area contributed by atoms with Gasteiger partial charge in [-0.25, -0.2) is 17.5 Å². The van der Waals surface area contributed by atoms with Crippen LogP contribution in [-0.2, 0) is 21.4 Å². The Morgan fingerprint density at radius 1 is 1.41 bits per heavy atom. The van der Waals surface area contributed by atoms with Gasteiger partial charge >= 0.3 is 0 Å². The quantitative estimate of drug-likeness (QED) is 0.875. The molecule has 0 bridgehead atoms. The summed E-state index contributed by atoms with van der Waals surface area (Å²) < 4.78 is 41.2. The van der Waals surface area contributed by atoms with E-state index in [-0.39, 0.29) is 6.42 Å². The lowest BCUT2D eigenvalue weighted by Crippen LogP contribution is -2.31. The van der Waals surface area contributed by atoms with E-state index in [9.17, 15) is 17.6 Å². The van der Waals surface area contributed by atoms with Crippen molar-refractivity contribution in [3.05, 3.63) is 48.0 Å². The lowest BCUT2D eigenvalue weighted by Gasteiger charge is -2.08. The summed E-state index contributed by atoms with van der Waals surface area (Å²) >= 11 is 0. The molecule has 0 aliphatic rings. The Bertz CT molecular complexity index is 758. The number of hydrogen-bond donors (Lipinski definition) is 1. The fourth-order valence-corrected chi connectivity index (χ4v) is 2.99. The van der Waals surface area contributed by atoms with E-state index >= 15 is 0 Å². The van der Waals surface area contributed by atoms with E-state index in [1.165, 1.54) is 6.07 Å². The summed E-state index contributed by atoms with van der Waals surface area (Å²) in [7, 11) is -4.19. The monoisotopic (exact) mass is 325 g/mol. The highest BCUT2D eigenvalue weighted by atomic mass is 32.2. The van der Waals surface area contributed by atoms with E-state index in [0.29, 0.717) is 18.5 Å². The van der Waals surface area contributed by atoms with Gasteiger partial charge in [-0.2, -0.15) is 5.10 Å². The minimum absolute atomic E-state index is 0.00652. The smallest absolute Gasteiger partial charge is 0.266 e. The molecule has 2 aromatic rings. The molecule has 0 fully saturated rings. The lowest BCUT2D eigenvalue weighted by atomic mass is 10.2. The molecule has 0 spiro atoms. The second kappa shape index (κ2) is 6.69. The zero-order valence-electron chi connectivity index (χ0n) is 12.0. The number of hydrogen-bond acceptors (Lipinski definition) is 4. The van der Waals surface area contributed by atoms with Gasteiger partial charge in [0.1, 0.15) is 10.7 Å². The van der Waals surface area contributed by atoms with Crippen LogP contribution in [0.1, 0.15) is 18.4 Å². The number of amides is 1. The number of rotatable bonds is 6. The molecule has 118 valence electrons. The van der Waals surface area contributed by atoms with E-state index < -0.39 is 26.6 Å². The highest BCUT2D eigenvalue weighted by molar-refractivity contribution is 7.90. The molecule has 0 aliphatic heterocycles. The summed E-state index contributed by atoms with van der Waals surface area (Å²) in [5.74, 6) is -1.55. The number of halogens is 1. The van der Waals surface area contributed by atoms with Gasteiger partial charge < -0.3 is 0 Å². The summed E-state index contributed by atoms with van der Waals surface area (Å²) in [6.07, 6.45) is 3.80. The molecule has 1 aromatic carbocycles. The van der Waals surface area contributed by atoms with Gasteiger partial charge in [-0.1, -0.05) is 6.07 Å². The van der Waals surface area contributed by atoms with Gasteiger partial charge in [0.2, 0.25) is 5.91 Å². The Hall–Kier alpha value is -2.22. The lowest BCUT2D eigenvalue weighted by molar-refractivity contribution is -0.119. The van der Waals surface area contributed by atoms with Gasteiger partial charge in [0.25, 0.3) is 10.0 Å². The summed E-state index contributed by atoms with van der Waals surface area (Å²) in [6.45, 7) is 2.15. The van der Waals surface area contributed by atoms with Crippen molar-refractivity contribution in [3.8, 4) is 0 Å². The second-order valence-electron chi connectivity index (χ2n) is 4.84. The highest BCUT2D eigenvalue weighted by Gasteiger charge is 2.21. The molecule has 1 N–H and O–H groups in total. The van der Waals surface area contributed by atoms with Crippen molar-refractivity contribution >= 4 is 15.9 Å². The van der Waals surface area contributed by atoms with Gasteiger partial charge in [-0.3, -0.25) is 9.48 Å². The van der Waals surface area contributed by atoms with Crippen LogP contribution in [0.3, 0.4) is 0 Å². The average molecular weight is 325 g/mol. The highest BCUT2D eigenvalue weighted by Crippen LogP contribution is 2.15. The summed E-state index contributed by atoms with van der Waals surface area (Å²) in [5.41, 5.74) is 0.599. The first kappa shape index (κ1) is 16.2. The van der Waals surface area contributed by atoms with Crippen LogP contribution in [0.2, 0.25) is 0 Å². The molecular weight excluding hydrogens is 309 g/mol. The van der Waals surface area contributed by atoms with E-state index in [2.05, 4.69) is 5.10 Å². The van der Waals surface area contributed by atoms with Gasteiger partial charge in [-0.15, -0.1) is 0 Å². The van der Waals surface area contributed by atoms with Crippen LogP contribution in [-0.4, -0.2) is 24.1 Å². The molecule has 22 heavy (non-hydrogen) atoms. The Kier molecular flexibility index (Phi) is 4.92. The fourth-order valence-electron chi connectivity index (χ4n) is 1.91. The van der Waals surface area contributed by atoms with Crippen molar-refractivity contribution in [1.82, 2.24) is 14.5 Å². The first-order valence-corrected chi connectivity index (χ1v) is 8.16. The predicted molar refractivity (Wildman–Crippen MR) is 77.9 cm³/mol. The molecule has 0 aliphatic carbocycles. The van der Waals surface area contributed by atoms with Crippen molar-refractivity contribution in [2.45, 2.75) is 31.2 Å². The maximum absolute atomic E-state index is 13.7. The standard InChI is InChI=1S/C14H16FN3O3S/c1-11-5-6-13(12(15)10-11)22(20,21)17-14(19)4-2-8-18-9-3-7-16-18/h3,5-7,9-10H,2,4,8H2,1H3,(H,17,19). The first-order chi connectivity index (χ1) is 10.4.